The van der Waals surface area contributed by atoms with Crippen molar-refractivity contribution in [1.82, 2.24) is 10.2 Å². The molecule has 0 saturated heterocycles. The predicted octanol–water partition coefficient (Wildman–Crippen LogP) is 6.42. The van der Waals surface area contributed by atoms with Crippen molar-refractivity contribution in [1.29, 1.82) is 5.26 Å². The number of halogens is 1. The Hall–Kier alpha value is -5.41. The Morgan fingerprint density at radius 1 is 1.00 bits per heavy atom. The zero-order chi connectivity index (χ0) is 36.3. The van der Waals surface area contributed by atoms with Gasteiger partial charge in [-0.3, -0.25) is 19.3 Å². The van der Waals surface area contributed by atoms with E-state index in [-0.39, 0.29) is 13.1 Å². The summed E-state index contributed by atoms with van der Waals surface area (Å²) in [7, 11) is 3.01. The summed E-state index contributed by atoms with van der Waals surface area (Å²) in [5.41, 5.74) is 1.53. The Labute approximate surface area is 299 Å². The number of hydrogen-bond acceptors (Lipinski definition) is 7. The fraction of sp³-hybridized carbons (Fsp3) is 0.289. The Morgan fingerprint density at radius 2 is 1.68 bits per heavy atom. The molecule has 0 radical (unpaired) electrons. The minimum absolute atomic E-state index is 0.0471. The lowest BCUT2D eigenvalue weighted by molar-refractivity contribution is -0.130. The van der Waals surface area contributed by atoms with E-state index in [0.29, 0.717) is 28.3 Å². The van der Waals surface area contributed by atoms with Gasteiger partial charge < -0.3 is 24.6 Å². The summed E-state index contributed by atoms with van der Waals surface area (Å²) in [6.45, 7) is 6.55. The molecule has 1 aliphatic rings. The number of likely N-dealkylation sites (N-methyl/N-ethyl adjacent to an activating group) is 1. The number of rotatable bonds is 7. The van der Waals surface area contributed by atoms with E-state index in [9.17, 15) is 24.4 Å². The van der Waals surface area contributed by atoms with Gasteiger partial charge >= 0.3 is 6.09 Å². The van der Waals surface area contributed by atoms with Crippen LogP contribution < -0.4 is 19.9 Å². The maximum absolute atomic E-state index is 14.7. The maximum Gasteiger partial charge on any atom is 0.410 e. The summed E-state index contributed by atoms with van der Waals surface area (Å²) >= 11 is 3.63. The fourth-order valence-electron chi connectivity index (χ4n) is 5.73. The summed E-state index contributed by atoms with van der Waals surface area (Å²) < 4.78 is 12.1. The Bertz CT molecular complexity index is 2000. The van der Waals surface area contributed by atoms with E-state index < -0.39 is 41.5 Å². The molecule has 50 heavy (non-hydrogen) atoms. The summed E-state index contributed by atoms with van der Waals surface area (Å²) in [6, 6.07) is 22.6. The van der Waals surface area contributed by atoms with Gasteiger partial charge in [-0.2, -0.15) is 5.26 Å². The molecule has 0 aliphatic carbocycles. The summed E-state index contributed by atoms with van der Waals surface area (Å²) in [5.74, 6) is -0.951. The van der Waals surface area contributed by atoms with Crippen LogP contribution in [0.2, 0.25) is 0 Å². The predicted molar refractivity (Wildman–Crippen MR) is 194 cm³/mol. The SMILES string of the molecule is COc1ccc2c(Br)cccc2c1CN1C(=O)[C@@H](NC(=O)[C@H](C)N(C)C(=O)OC(C)(C)C)CN(C(=O)c2ccc(C#N)cc2)c2ccccc21. The molecule has 5 rings (SSSR count). The number of hydrogen-bond donors (Lipinski definition) is 1. The van der Waals surface area contributed by atoms with Crippen LogP contribution in [0.25, 0.3) is 10.8 Å². The lowest BCUT2D eigenvalue weighted by Crippen LogP contribution is -2.57. The highest BCUT2D eigenvalue weighted by molar-refractivity contribution is 9.10. The molecule has 1 heterocycles. The zero-order valence-electron chi connectivity index (χ0n) is 28.7. The second-order valence-electron chi connectivity index (χ2n) is 12.9. The highest BCUT2D eigenvalue weighted by Crippen LogP contribution is 2.38. The van der Waals surface area contributed by atoms with Crippen molar-refractivity contribution in [3.8, 4) is 11.8 Å². The van der Waals surface area contributed by atoms with E-state index in [4.69, 9.17) is 9.47 Å². The average Bonchev–Trinajstić information content (AvgIpc) is 3.21. The van der Waals surface area contributed by atoms with Gasteiger partial charge in [0.1, 0.15) is 23.4 Å². The quantitative estimate of drug-likeness (QED) is 0.232. The molecule has 4 aromatic rings. The zero-order valence-corrected chi connectivity index (χ0v) is 30.3. The molecular weight excluding hydrogens is 702 g/mol. The molecule has 4 aromatic carbocycles. The van der Waals surface area contributed by atoms with Crippen molar-refractivity contribution in [3.05, 3.63) is 100 Å². The van der Waals surface area contributed by atoms with Gasteiger partial charge in [-0.15, -0.1) is 0 Å². The van der Waals surface area contributed by atoms with Crippen LogP contribution >= 0.6 is 15.9 Å². The van der Waals surface area contributed by atoms with Gasteiger partial charge in [0.05, 0.1) is 43.2 Å². The second-order valence-corrected chi connectivity index (χ2v) is 13.8. The lowest BCUT2D eigenvalue weighted by Gasteiger charge is -2.30. The van der Waals surface area contributed by atoms with Crippen molar-refractivity contribution < 1.29 is 28.7 Å². The molecule has 0 unspecified atom stereocenters. The molecule has 0 fully saturated rings. The largest absolute Gasteiger partial charge is 0.496 e. The van der Waals surface area contributed by atoms with Gasteiger partial charge in [0.2, 0.25) is 5.91 Å². The molecule has 0 saturated carbocycles. The van der Waals surface area contributed by atoms with Crippen LogP contribution in [0.1, 0.15) is 49.2 Å². The Balaban J connectivity index is 1.60. The molecule has 0 spiro atoms. The molecular formula is C38H38BrN5O6. The first-order valence-corrected chi connectivity index (χ1v) is 16.8. The molecule has 0 bridgehead atoms. The van der Waals surface area contributed by atoms with Crippen molar-refractivity contribution in [2.75, 3.05) is 30.5 Å². The van der Waals surface area contributed by atoms with E-state index in [0.717, 1.165) is 25.7 Å². The molecule has 12 heteroatoms. The number of nitriles is 1. The topological polar surface area (TPSA) is 132 Å². The first-order chi connectivity index (χ1) is 23.7. The van der Waals surface area contributed by atoms with Crippen LogP contribution in [-0.2, 0) is 20.9 Å². The number of ether oxygens (including phenoxy) is 2. The van der Waals surface area contributed by atoms with E-state index in [1.807, 2.05) is 30.3 Å². The first kappa shape index (κ1) is 35.9. The van der Waals surface area contributed by atoms with E-state index in [2.05, 4.69) is 27.3 Å². The van der Waals surface area contributed by atoms with Gasteiger partial charge in [0, 0.05) is 22.6 Å². The minimum atomic E-state index is -1.22. The number of fused-ring (bicyclic) bond motifs is 2. The lowest BCUT2D eigenvalue weighted by atomic mass is 10.0. The normalized spacial score (nSPS) is 15.0. The monoisotopic (exact) mass is 739 g/mol. The van der Waals surface area contributed by atoms with Gasteiger partial charge in [-0.25, -0.2) is 4.79 Å². The minimum Gasteiger partial charge on any atom is -0.496 e. The molecule has 2 atom stereocenters. The van der Waals surface area contributed by atoms with Crippen LogP contribution in [0.3, 0.4) is 0 Å². The third-order valence-corrected chi connectivity index (χ3v) is 9.16. The number of amides is 4. The second kappa shape index (κ2) is 14.6. The number of methoxy groups -OCH3 is 1. The summed E-state index contributed by atoms with van der Waals surface area (Å²) in [5, 5.41) is 13.9. The number of carbonyl (C=O) groups is 4. The third kappa shape index (κ3) is 7.43. The van der Waals surface area contributed by atoms with E-state index in [1.165, 1.54) is 18.9 Å². The summed E-state index contributed by atoms with van der Waals surface area (Å²) in [4.78, 5) is 59.7. The molecule has 1 N–H and O–H groups in total. The average molecular weight is 741 g/mol. The van der Waals surface area contributed by atoms with Crippen molar-refractivity contribution in [2.24, 2.45) is 0 Å². The van der Waals surface area contributed by atoms with Crippen LogP contribution in [0.5, 0.6) is 5.75 Å². The number of para-hydroxylation sites is 2. The number of anilines is 2. The van der Waals surface area contributed by atoms with Crippen LogP contribution in [0.4, 0.5) is 16.2 Å². The van der Waals surface area contributed by atoms with Crippen LogP contribution in [0, 0.1) is 11.3 Å². The van der Waals surface area contributed by atoms with Crippen molar-refractivity contribution >= 4 is 61.9 Å². The molecule has 258 valence electrons. The van der Waals surface area contributed by atoms with Gasteiger partial charge in [0.25, 0.3) is 11.8 Å². The number of nitrogens with one attached hydrogen (secondary N) is 1. The smallest absolute Gasteiger partial charge is 0.410 e. The number of carbonyl (C=O) groups excluding carboxylic acids is 4. The Morgan fingerprint density at radius 3 is 2.32 bits per heavy atom. The van der Waals surface area contributed by atoms with Gasteiger partial charge in [0.15, 0.2) is 0 Å². The van der Waals surface area contributed by atoms with E-state index >= 15 is 0 Å². The van der Waals surface area contributed by atoms with Gasteiger partial charge in [-0.05, 0) is 93.1 Å². The van der Waals surface area contributed by atoms with Crippen LogP contribution in [-0.4, -0.2) is 67.1 Å². The highest BCUT2D eigenvalue weighted by atomic mass is 79.9. The number of benzene rings is 4. The molecule has 0 aromatic heterocycles. The van der Waals surface area contributed by atoms with Crippen molar-refractivity contribution in [3.63, 3.8) is 0 Å². The van der Waals surface area contributed by atoms with Crippen molar-refractivity contribution in [2.45, 2.75) is 51.9 Å². The maximum atomic E-state index is 14.7. The first-order valence-electron chi connectivity index (χ1n) is 16.0. The molecule has 1 aliphatic heterocycles. The highest BCUT2D eigenvalue weighted by Gasteiger charge is 2.39. The molecule has 11 nitrogen and oxygen atoms in total. The Kier molecular flexibility index (Phi) is 10.5. The van der Waals surface area contributed by atoms with Gasteiger partial charge in [-0.1, -0.05) is 40.2 Å². The third-order valence-electron chi connectivity index (χ3n) is 8.47. The fourth-order valence-corrected chi connectivity index (χ4v) is 6.23. The molecule has 4 amide bonds. The van der Waals surface area contributed by atoms with E-state index in [1.54, 1.807) is 81.3 Å². The number of nitrogens with zero attached hydrogens (tertiary/aromatic N) is 4. The van der Waals surface area contributed by atoms with Crippen LogP contribution in [0.15, 0.2) is 83.3 Å². The standard InChI is InChI=1S/C38H38BrN5O6/c1-23(42(5)37(48)50-38(2,3)4)34(45)41-30-22-44(35(46)25-16-14-24(20-40)15-17-25)32-13-8-7-12-31(32)43(36(30)47)21-28-26-10-9-11-29(39)27(26)18-19-33(28)49-6/h7-19,23,30H,21-22H2,1-6H3,(H,41,45)/t23-,30-/m0/s1. The summed E-state index contributed by atoms with van der Waals surface area (Å²) in [6.07, 6.45) is -0.701.